The predicted molar refractivity (Wildman–Crippen MR) is 68.9 cm³/mol. The second-order valence-electron chi connectivity index (χ2n) is 4.54. The van der Waals surface area contributed by atoms with Gasteiger partial charge in [-0.25, -0.2) is 4.98 Å². The van der Waals surface area contributed by atoms with Crippen LogP contribution in [0.2, 0.25) is 0 Å². The molecule has 1 unspecified atom stereocenters. The highest BCUT2D eigenvalue weighted by Crippen LogP contribution is 2.33. The molecule has 16 heavy (non-hydrogen) atoms. The molecule has 0 amide bonds. The topological polar surface area (TPSA) is 28.2 Å². The molecule has 86 valence electrons. The Hall–Kier alpha value is -0.610. The Morgan fingerprint density at radius 3 is 3.38 bits per heavy atom. The van der Waals surface area contributed by atoms with Gasteiger partial charge in [-0.05, 0) is 31.9 Å². The van der Waals surface area contributed by atoms with E-state index in [0.29, 0.717) is 6.04 Å². The van der Waals surface area contributed by atoms with Gasteiger partial charge in [-0.15, -0.1) is 0 Å². The lowest BCUT2D eigenvalue weighted by molar-refractivity contribution is 0.523. The fourth-order valence-electron chi connectivity index (χ4n) is 2.72. The van der Waals surface area contributed by atoms with Gasteiger partial charge < -0.3 is 10.2 Å². The minimum absolute atomic E-state index is 0.636. The van der Waals surface area contributed by atoms with Crippen LogP contribution in [-0.2, 0) is 6.42 Å². The third-order valence-corrected chi connectivity index (χ3v) is 4.29. The number of hydrogen-bond donors (Lipinski definition) is 1. The molecule has 0 saturated carbocycles. The first-order valence-corrected chi connectivity index (χ1v) is 6.76. The van der Waals surface area contributed by atoms with E-state index in [9.17, 15) is 0 Å². The summed E-state index contributed by atoms with van der Waals surface area (Å²) in [5, 5.41) is 3.51. The first-order chi connectivity index (χ1) is 7.86. The van der Waals surface area contributed by atoms with Gasteiger partial charge in [0.2, 0.25) is 0 Å². The van der Waals surface area contributed by atoms with E-state index < -0.39 is 0 Å². The molecule has 1 N–H and O–H groups in total. The zero-order chi connectivity index (χ0) is 11.0. The second-order valence-corrected chi connectivity index (χ2v) is 5.39. The van der Waals surface area contributed by atoms with Gasteiger partial charge in [-0.2, -0.15) is 0 Å². The summed E-state index contributed by atoms with van der Waals surface area (Å²) < 4.78 is 1.22. The van der Waals surface area contributed by atoms with Crippen molar-refractivity contribution in [3.63, 3.8) is 0 Å². The maximum Gasteiger partial charge on any atom is 0.133 e. The van der Waals surface area contributed by atoms with Crippen molar-refractivity contribution in [2.24, 2.45) is 0 Å². The van der Waals surface area contributed by atoms with Gasteiger partial charge in [0, 0.05) is 35.4 Å². The van der Waals surface area contributed by atoms with Crippen LogP contribution in [-0.4, -0.2) is 30.7 Å². The lowest BCUT2D eigenvalue weighted by atomic mass is 9.99. The standard InChI is InChI=1S/C12H16BrN3/c13-11-4-6-15-12-10(11)3-2-9-8-14-5-1-7-16(9)12/h4,6,9,14H,1-3,5,7-8H2. The number of nitrogens with zero attached hydrogens (tertiary/aromatic N) is 2. The molecule has 3 rings (SSSR count). The number of halogens is 1. The van der Waals surface area contributed by atoms with Gasteiger partial charge >= 0.3 is 0 Å². The van der Waals surface area contributed by atoms with Crippen LogP contribution >= 0.6 is 15.9 Å². The minimum atomic E-state index is 0.636. The highest BCUT2D eigenvalue weighted by atomic mass is 79.9. The zero-order valence-electron chi connectivity index (χ0n) is 9.25. The van der Waals surface area contributed by atoms with Crippen molar-refractivity contribution in [2.75, 3.05) is 24.5 Å². The molecule has 4 heteroatoms. The fraction of sp³-hybridized carbons (Fsp3) is 0.583. The molecule has 1 aromatic heterocycles. The average molecular weight is 282 g/mol. The lowest BCUT2D eigenvalue weighted by Crippen LogP contribution is -2.43. The summed E-state index contributed by atoms with van der Waals surface area (Å²) in [6, 6.07) is 2.69. The van der Waals surface area contributed by atoms with Gasteiger partial charge in [-0.1, -0.05) is 15.9 Å². The number of rotatable bonds is 0. The number of fused-ring (bicyclic) bond motifs is 3. The largest absolute Gasteiger partial charge is 0.352 e. The van der Waals surface area contributed by atoms with Crippen molar-refractivity contribution in [1.29, 1.82) is 0 Å². The Balaban J connectivity index is 2.00. The average Bonchev–Trinajstić information content (AvgIpc) is 2.54. The SMILES string of the molecule is Brc1ccnc2c1CCC1CNCCCN21. The van der Waals surface area contributed by atoms with E-state index in [1.165, 1.54) is 28.7 Å². The predicted octanol–water partition coefficient (Wildman–Crippen LogP) is 1.96. The first-order valence-electron chi connectivity index (χ1n) is 5.97. The number of pyridine rings is 1. The highest BCUT2D eigenvalue weighted by molar-refractivity contribution is 9.10. The van der Waals surface area contributed by atoms with Crippen LogP contribution in [0, 0.1) is 0 Å². The third kappa shape index (κ3) is 1.74. The quantitative estimate of drug-likeness (QED) is 0.788. The maximum absolute atomic E-state index is 4.57. The Kier molecular flexibility index (Phi) is 2.86. The molecule has 0 radical (unpaired) electrons. The second kappa shape index (κ2) is 4.34. The molecule has 1 fully saturated rings. The molecule has 2 aliphatic heterocycles. The molecule has 1 saturated heterocycles. The summed E-state index contributed by atoms with van der Waals surface area (Å²) in [6.45, 7) is 3.37. The van der Waals surface area contributed by atoms with Crippen LogP contribution in [0.25, 0.3) is 0 Å². The van der Waals surface area contributed by atoms with Gasteiger partial charge in [0.05, 0.1) is 0 Å². The van der Waals surface area contributed by atoms with Gasteiger partial charge in [0.1, 0.15) is 5.82 Å². The number of hydrogen-bond acceptors (Lipinski definition) is 3. The summed E-state index contributed by atoms with van der Waals surface area (Å²) in [5.41, 5.74) is 1.39. The normalized spacial score (nSPS) is 24.6. The number of anilines is 1. The zero-order valence-corrected chi connectivity index (χ0v) is 10.8. The summed E-state index contributed by atoms with van der Waals surface area (Å²) >= 11 is 3.64. The van der Waals surface area contributed by atoms with E-state index in [4.69, 9.17) is 0 Å². The Morgan fingerprint density at radius 1 is 1.50 bits per heavy atom. The van der Waals surface area contributed by atoms with E-state index in [2.05, 4.69) is 37.2 Å². The number of aromatic nitrogens is 1. The summed E-state index contributed by atoms with van der Waals surface area (Å²) in [5.74, 6) is 1.20. The molecule has 0 aliphatic carbocycles. The smallest absolute Gasteiger partial charge is 0.133 e. The molecular weight excluding hydrogens is 266 g/mol. The molecule has 0 bridgehead atoms. The van der Waals surface area contributed by atoms with Crippen LogP contribution in [0.5, 0.6) is 0 Å². The highest BCUT2D eigenvalue weighted by Gasteiger charge is 2.29. The van der Waals surface area contributed by atoms with Crippen molar-refractivity contribution in [2.45, 2.75) is 25.3 Å². The summed E-state index contributed by atoms with van der Waals surface area (Å²) in [7, 11) is 0. The molecular formula is C12H16BrN3. The maximum atomic E-state index is 4.57. The van der Waals surface area contributed by atoms with E-state index >= 15 is 0 Å². The van der Waals surface area contributed by atoms with Crippen molar-refractivity contribution in [3.8, 4) is 0 Å². The van der Waals surface area contributed by atoms with E-state index in [0.717, 1.165) is 26.1 Å². The number of nitrogens with one attached hydrogen (secondary N) is 1. The molecule has 1 atom stereocenters. The van der Waals surface area contributed by atoms with E-state index in [-0.39, 0.29) is 0 Å². The van der Waals surface area contributed by atoms with E-state index in [1.807, 2.05) is 6.20 Å². The third-order valence-electron chi connectivity index (χ3n) is 3.55. The molecule has 3 nitrogen and oxygen atoms in total. The Labute approximate surface area is 104 Å². The van der Waals surface area contributed by atoms with Crippen LogP contribution in [0.1, 0.15) is 18.4 Å². The summed E-state index contributed by atoms with van der Waals surface area (Å²) in [6.07, 6.45) is 5.50. The van der Waals surface area contributed by atoms with Crippen molar-refractivity contribution in [3.05, 3.63) is 22.3 Å². The fourth-order valence-corrected chi connectivity index (χ4v) is 3.21. The van der Waals surface area contributed by atoms with Crippen molar-refractivity contribution < 1.29 is 0 Å². The van der Waals surface area contributed by atoms with Gasteiger partial charge in [0.15, 0.2) is 0 Å². The molecule has 1 aromatic rings. The van der Waals surface area contributed by atoms with Crippen LogP contribution < -0.4 is 10.2 Å². The first kappa shape index (κ1) is 10.5. The van der Waals surface area contributed by atoms with E-state index in [1.54, 1.807) is 0 Å². The molecule has 0 spiro atoms. The van der Waals surface area contributed by atoms with Gasteiger partial charge in [0.25, 0.3) is 0 Å². The van der Waals surface area contributed by atoms with Gasteiger partial charge in [-0.3, -0.25) is 0 Å². The van der Waals surface area contributed by atoms with Crippen molar-refractivity contribution in [1.82, 2.24) is 10.3 Å². The Bertz CT molecular complexity index is 394. The summed E-state index contributed by atoms with van der Waals surface area (Å²) in [4.78, 5) is 7.06. The monoisotopic (exact) mass is 281 g/mol. The minimum Gasteiger partial charge on any atom is -0.352 e. The molecule has 0 aromatic carbocycles. The van der Waals surface area contributed by atoms with Crippen LogP contribution in [0.15, 0.2) is 16.7 Å². The van der Waals surface area contributed by atoms with Crippen molar-refractivity contribution >= 4 is 21.7 Å². The molecule has 3 heterocycles. The molecule has 2 aliphatic rings. The lowest BCUT2D eigenvalue weighted by Gasteiger charge is -2.36. The Morgan fingerprint density at radius 2 is 2.44 bits per heavy atom. The van der Waals surface area contributed by atoms with Crippen LogP contribution in [0.3, 0.4) is 0 Å². The van der Waals surface area contributed by atoms with Crippen LogP contribution in [0.4, 0.5) is 5.82 Å².